The fourth-order valence-corrected chi connectivity index (χ4v) is 4.85. The molecule has 3 heterocycles. The molecule has 0 bridgehead atoms. The van der Waals surface area contributed by atoms with E-state index in [0.29, 0.717) is 33.9 Å². The highest BCUT2D eigenvalue weighted by Crippen LogP contribution is 2.43. The first-order chi connectivity index (χ1) is 15.5. The number of aromatic nitrogens is 4. The molecule has 4 rings (SSSR count). The molecule has 0 saturated carbocycles. The predicted molar refractivity (Wildman–Crippen MR) is 126 cm³/mol. The molecule has 8 nitrogen and oxygen atoms in total. The van der Waals surface area contributed by atoms with E-state index in [1.807, 2.05) is 43.5 Å². The Bertz CT molecular complexity index is 1170. The fourth-order valence-electron chi connectivity index (χ4n) is 3.52. The van der Waals surface area contributed by atoms with E-state index in [9.17, 15) is 4.79 Å². The van der Waals surface area contributed by atoms with Crippen molar-refractivity contribution < 1.29 is 14.3 Å². The lowest BCUT2D eigenvalue weighted by molar-refractivity contribution is -0.139. The molecule has 0 saturated heterocycles. The Kier molecular flexibility index (Phi) is 6.80. The maximum atomic E-state index is 13.0. The molecule has 1 atom stereocenters. The van der Waals surface area contributed by atoms with Crippen molar-refractivity contribution in [2.45, 2.75) is 30.8 Å². The quantitative estimate of drug-likeness (QED) is 0.360. The maximum absolute atomic E-state index is 13.0. The van der Waals surface area contributed by atoms with Gasteiger partial charge in [-0.25, -0.2) is 9.48 Å². The molecule has 10 heteroatoms. The SMILES string of the molecule is CCOC(=O)C1=C(C)Nc2nc(SCc3cccnc3)nn2[C@@H]1c1c(Br)cccc1OC. The first-order valence-corrected chi connectivity index (χ1v) is 11.8. The molecule has 1 aromatic carbocycles. The number of hydrogen-bond acceptors (Lipinski definition) is 8. The Morgan fingerprint density at radius 1 is 1.31 bits per heavy atom. The zero-order chi connectivity index (χ0) is 22.7. The van der Waals surface area contributed by atoms with Crippen LogP contribution in [0.25, 0.3) is 0 Å². The molecule has 32 heavy (non-hydrogen) atoms. The van der Waals surface area contributed by atoms with Crippen LogP contribution in [0.4, 0.5) is 5.95 Å². The lowest BCUT2D eigenvalue weighted by Gasteiger charge is -2.29. The van der Waals surface area contributed by atoms with Gasteiger partial charge in [-0.3, -0.25) is 4.98 Å². The summed E-state index contributed by atoms with van der Waals surface area (Å²) >= 11 is 5.13. The normalized spacial score (nSPS) is 15.2. The summed E-state index contributed by atoms with van der Waals surface area (Å²) in [5.74, 6) is 1.45. The second kappa shape index (κ2) is 9.74. The number of ether oxygens (including phenoxy) is 2. The standard InChI is InChI=1S/C22H22BrN5O3S/c1-4-31-20(29)17-13(2)25-21-26-22(32-12-14-7-6-10-24-11-14)27-28(21)19(17)18-15(23)8-5-9-16(18)30-3/h5-11,19H,4,12H2,1-3H3,(H,25,26,27)/t19-/m0/s1. The number of allylic oxidation sites excluding steroid dienone is 1. The minimum Gasteiger partial charge on any atom is -0.496 e. The number of nitrogens with zero attached hydrogens (tertiary/aromatic N) is 4. The van der Waals surface area contributed by atoms with Crippen LogP contribution in [-0.2, 0) is 15.3 Å². The van der Waals surface area contributed by atoms with Crippen LogP contribution in [0.5, 0.6) is 5.75 Å². The van der Waals surface area contributed by atoms with E-state index >= 15 is 0 Å². The van der Waals surface area contributed by atoms with Crippen LogP contribution in [0, 0.1) is 0 Å². The summed E-state index contributed by atoms with van der Waals surface area (Å²) in [6.45, 7) is 3.89. The van der Waals surface area contributed by atoms with Gasteiger partial charge in [-0.1, -0.05) is 39.8 Å². The number of methoxy groups -OCH3 is 1. The summed E-state index contributed by atoms with van der Waals surface area (Å²) in [4.78, 5) is 21.8. The summed E-state index contributed by atoms with van der Waals surface area (Å²) < 4.78 is 13.5. The number of benzene rings is 1. The minimum absolute atomic E-state index is 0.270. The molecule has 0 unspecified atom stereocenters. The summed E-state index contributed by atoms with van der Waals surface area (Å²) in [5.41, 5.74) is 2.96. The lowest BCUT2D eigenvalue weighted by Crippen LogP contribution is -2.30. The van der Waals surface area contributed by atoms with Crippen molar-refractivity contribution in [1.29, 1.82) is 0 Å². The highest BCUT2D eigenvalue weighted by molar-refractivity contribution is 9.10. The highest BCUT2D eigenvalue weighted by atomic mass is 79.9. The van der Waals surface area contributed by atoms with Crippen molar-refractivity contribution >= 4 is 39.6 Å². The van der Waals surface area contributed by atoms with Gasteiger partial charge in [0, 0.05) is 33.9 Å². The average Bonchev–Trinajstić information content (AvgIpc) is 3.20. The van der Waals surface area contributed by atoms with E-state index in [4.69, 9.17) is 14.6 Å². The molecule has 0 aliphatic carbocycles. The molecule has 0 spiro atoms. The van der Waals surface area contributed by atoms with E-state index in [0.717, 1.165) is 15.6 Å². The van der Waals surface area contributed by atoms with Gasteiger partial charge in [0.1, 0.15) is 11.8 Å². The fraction of sp³-hybridized carbons (Fsp3) is 0.273. The number of carbonyl (C=O) groups is 1. The van der Waals surface area contributed by atoms with Gasteiger partial charge in [-0.2, -0.15) is 4.98 Å². The molecule has 1 aliphatic heterocycles. The highest BCUT2D eigenvalue weighted by Gasteiger charge is 2.37. The van der Waals surface area contributed by atoms with Gasteiger partial charge in [0.15, 0.2) is 0 Å². The van der Waals surface area contributed by atoms with E-state index in [1.165, 1.54) is 11.8 Å². The van der Waals surface area contributed by atoms with Crippen molar-refractivity contribution in [3.8, 4) is 5.75 Å². The van der Waals surface area contributed by atoms with E-state index in [2.05, 4.69) is 31.2 Å². The maximum Gasteiger partial charge on any atom is 0.338 e. The summed E-state index contributed by atoms with van der Waals surface area (Å²) in [6.07, 6.45) is 3.56. The number of hydrogen-bond donors (Lipinski definition) is 1. The van der Waals surface area contributed by atoms with Crippen molar-refractivity contribution in [3.05, 3.63) is 69.6 Å². The third-order valence-electron chi connectivity index (χ3n) is 4.93. The van der Waals surface area contributed by atoms with Gasteiger partial charge >= 0.3 is 5.97 Å². The van der Waals surface area contributed by atoms with Gasteiger partial charge in [0.25, 0.3) is 0 Å². The molecule has 2 aromatic heterocycles. The second-order valence-electron chi connectivity index (χ2n) is 6.95. The number of halogens is 1. The number of nitrogens with one attached hydrogen (secondary N) is 1. The van der Waals surface area contributed by atoms with Crippen LogP contribution < -0.4 is 10.1 Å². The molecule has 1 aliphatic rings. The summed E-state index contributed by atoms with van der Waals surface area (Å²) in [6, 6.07) is 8.98. The van der Waals surface area contributed by atoms with Gasteiger partial charge in [0.2, 0.25) is 11.1 Å². The Hall–Kier alpha value is -2.85. The van der Waals surface area contributed by atoms with Crippen molar-refractivity contribution in [1.82, 2.24) is 19.7 Å². The van der Waals surface area contributed by atoms with Gasteiger partial charge < -0.3 is 14.8 Å². The first kappa shape index (κ1) is 22.3. The average molecular weight is 516 g/mol. The molecule has 3 aromatic rings. The van der Waals surface area contributed by atoms with Crippen LogP contribution >= 0.6 is 27.7 Å². The van der Waals surface area contributed by atoms with E-state index in [1.54, 1.807) is 24.9 Å². The lowest BCUT2D eigenvalue weighted by atomic mass is 9.95. The number of carbonyl (C=O) groups excluding carboxylic acids is 1. The third kappa shape index (κ3) is 4.37. The van der Waals surface area contributed by atoms with Crippen molar-refractivity contribution in [2.24, 2.45) is 0 Å². The van der Waals surface area contributed by atoms with Crippen LogP contribution in [0.1, 0.15) is 31.0 Å². The van der Waals surface area contributed by atoms with Crippen LogP contribution in [0.15, 0.2) is 63.6 Å². The molecule has 0 fully saturated rings. The van der Waals surface area contributed by atoms with E-state index in [-0.39, 0.29) is 6.61 Å². The van der Waals surface area contributed by atoms with E-state index < -0.39 is 12.0 Å². The van der Waals surface area contributed by atoms with Gasteiger partial charge in [-0.05, 0) is 37.6 Å². The largest absolute Gasteiger partial charge is 0.496 e. The molecular formula is C22H22BrN5O3S. The first-order valence-electron chi connectivity index (χ1n) is 9.99. The summed E-state index contributed by atoms with van der Waals surface area (Å²) in [7, 11) is 1.60. The third-order valence-corrected chi connectivity index (χ3v) is 6.53. The monoisotopic (exact) mass is 515 g/mol. The molecule has 0 radical (unpaired) electrons. The second-order valence-corrected chi connectivity index (χ2v) is 8.75. The smallest absolute Gasteiger partial charge is 0.338 e. The van der Waals surface area contributed by atoms with Crippen molar-refractivity contribution in [2.75, 3.05) is 19.0 Å². The molecule has 166 valence electrons. The minimum atomic E-state index is -0.573. The van der Waals surface area contributed by atoms with Gasteiger partial charge in [0.05, 0.1) is 19.3 Å². The zero-order valence-electron chi connectivity index (χ0n) is 17.8. The zero-order valence-corrected chi connectivity index (χ0v) is 20.2. The molecule has 1 N–H and O–H groups in total. The topological polar surface area (TPSA) is 91.2 Å². The van der Waals surface area contributed by atoms with Crippen LogP contribution in [0.3, 0.4) is 0 Å². The Labute approximate surface area is 198 Å². The van der Waals surface area contributed by atoms with Crippen LogP contribution in [-0.4, -0.2) is 39.4 Å². The van der Waals surface area contributed by atoms with Crippen molar-refractivity contribution in [3.63, 3.8) is 0 Å². The van der Waals surface area contributed by atoms with Crippen LogP contribution in [0.2, 0.25) is 0 Å². The number of esters is 1. The molecular weight excluding hydrogens is 494 g/mol. The number of fused-ring (bicyclic) bond motifs is 1. The number of rotatable bonds is 7. The Balaban J connectivity index is 1.78. The number of anilines is 1. The summed E-state index contributed by atoms with van der Waals surface area (Å²) in [5, 5.41) is 8.53. The Morgan fingerprint density at radius 2 is 2.16 bits per heavy atom. The number of thioether (sulfide) groups is 1. The Morgan fingerprint density at radius 3 is 2.88 bits per heavy atom. The molecule has 0 amide bonds. The predicted octanol–water partition coefficient (Wildman–Crippen LogP) is 4.59. The van der Waals surface area contributed by atoms with Gasteiger partial charge in [-0.15, -0.1) is 5.10 Å². The number of pyridine rings is 1.